The molecule has 0 spiro atoms. The third-order valence-corrected chi connectivity index (χ3v) is 5.50. The van der Waals surface area contributed by atoms with Gasteiger partial charge in [-0.2, -0.15) is 5.10 Å². The Hall–Kier alpha value is -2.33. The first-order valence-corrected chi connectivity index (χ1v) is 12.2. The Kier molecular flexibility index (Phi) is 10.9. The summed E-state index contributed by atoms with van der Waals surface area (Å²) < 4.78 is 12.2. The first-order chi connectivity index (χ1) is 15.7. The van der Waals surface area contributed by atoms with E-state index in [9.17, 15) is 9.59 Å². The molecule has 1 atom stereocenters. The van der Waals surface area contributed by atoms with Gasteiger partial charge in [-0.25, -0.2) is 5.43 Å². The van der Waals surface area contributed by atoms with E-state index >= 15 is 0 Å². The van der Waals surface area contributed by atoms with Crippen molar-refractivity contribution in [3.63, 3.8) is 0 Å². The minimum absolute atomic E-state index is 0.191. The molecule has 0 aromatic heterocycles. The Morgan fingerprint density at radius 2 is 1.79 bits per heavy atom. The molecular formula is C24H29ClIN3O4. The van der Waals surface area contributed by atoms with Gasteiger partial charge < -0.3 is 14.8 Å². The smallest absolute Gasteiger partial charge is 0.262 e. The van der Waals surface area contributed by atoms with Crippen LogP contribution in [0.25, 0.3) is 0 Å². The lowest BCUT2D eigenvalue weighted by Crippen LogP contribution is -2.46. The Morgan fingerprint density at radius 1 is 1.12 bits per heavy atom. The van der Waals surface area contributed by atoms with Gasteiger partial charge in [0.15, 0.2) is 11.5 Å². The number of hydrogen-bond donors (Lipinski definition) is 2. The summed E-state index contributed by atoms with van der Waals surface area (Å²) in [7, 11) is 0. The van der Waals surface area contributed by atoms with E-state index in [1.165, 1.54) is 6.21 Å². The first-order valence-electron chi connectivity index (χ1n) is 10.7. The van der Waals surface area contributed by atoms with Crippen LogP contribution in [0, 0.1) is 9.49 Å². The molecule has 7 nitrogen and oxygen atoms in total. The molecule has 2 N–H and O–H groups in total. The Bertz CT molecular complexity index is 980. The zero-order valence-electron chi connectivity index (χ0n) is 19.2. The van der Waals surface area contributed by atoms with Crippen LogP contribution in [0.2, 0.25) is 5.02 Å². The molecule has 178 valence electrons. The predicted octanol–water partition coefficient (Wildman–Crippen LogP) is 5.04. The summed E-state index contributed by atoms with van der Waals surface area (Å²) in [5.41, 5.74) is 3.71. The second kappa shape index (κ2) is 13.4. The SMILES string of the molecule is CCOc1cc(/C=N/NC(=O)C(CC(C)C)NC(=O)c2ccc(Cl)cc2)cc(I)c1OCC. The van der Waals surface area contributed by atoms with E-state index in [0.717, 1.165) is 9.13 Å². The van der Waals surface area contributed by atoms with E-state index in [1.54, 1.807) is 30.3 Å². The Labute approximate surface area is 213 Å². The van der Waals surface area contributed by atoms with Crippen LogP contribution in [0.15, 0.2) is 41.5 Å². The number of hydrogen-bond acceptors (Lipinski definition) is 5. The van der Waals surface area contributed by atoms with Gasteiger partial charge in [0, 0.05) is 10.6 Å². The predicted molar refractivity (Wildman–Crippen MR) is 139 cm³/mol. The maximum absolute atomic E-state index is 12.8. The van der Waals surface area contributed by atoms with E-state index in [2.05, 4.69) is 38.4 Å². The van der Waals surface area contributed by atoms with Crippen molar-refractivity contribution in [1.82, 2.24) is 10.7 Å². The van der Waals surface area contributed by atoms with Gasteiger partial charge in [-0.05, 0) is 90.7 Å². The van der Waals surface area contributed by atoms with Crippen molar-refractivity contribution in [2.75, 3.05) is 13.2 Å². The summed E-state index contributed by atoms with van der Waals surface area (Å²) in [6.07, 6.45) is 2.00. The molecule has 33 heavy (non-hydrogen) atoms. The van der Waals surface area contributed by atoms with Crippen LogP contribution in [0.3, 0.4) is 0 Å². The van der Waals surface area contributed by atoms with Crippen LogP contribution in [0.1, 0.15) is 50.0 Å². The minimum atomic E-state index is -0.732. The molecule has 0 heterocycles. The minimum Gasteiger partial charge on any atom is -0.490 e. The summed E-state index contributed by atoms with van der Waals surface area (Å²) in [4.78, 5) is 25.3. The molecule has 0 saturated heterocycles. The lowest BCUT2D eigenvalue weighted by molar-refractivity contribution is -0.123. The molecule has 0 aliphatic heterocycles. The third-order valence-electron chi connectivity index (χ3n) is 4.44. The zero-order chi connectivity index (χ0) is 24.4. The molecular weight excluding hydrogens is 557 g/mol. The standard InChI is InChI=1S/C24H29ClIN3O4/c1-5-32-21-13-16(12-19(26)22(21)33-6-2)14-27-29-24(31)20(11-15(3)4)28-23(30)17-7-9-18(25)10-8-17/h7-10,12-15,20H,5-6,11H2,1-4H3,(H,28,30)(H,29,31)/b27-14+. The van der Waals surface area contributed by atoms with Crippen molar-refractivity contribution in [2.24, 2.45) is 11.0 Å². The molecule has 2 amide bonds. The summed E-state index contributed by atoms with van der Waals surface area (Å²) >= 11 is 8.06. The molecule has 2 aromatic rings. The van der Waals surface area contributed by atoms with Gasteiger partial charge in [0.1, 0.15) is 6.04 Å². The first kappa shape index (κ1) is 26.9. The van der Waals surface area contributed by atoms with Gasteiger partial charge in [-0.15, -0.1) is 0 Å². The van der Waals surface area contributed by atoms with Crippen molar-refractivity contribution in [2.45, 2.75) is 40.2 Å². The Balaban J connectivity index is 2.11. The summed E-state index contributed by atoms with van der Waals surface area (Å²) in [6, 6.07) is 9.45. The van der Waals surface area contributed by atoms with Crippen LogP contribution in [-0.2, 0) is 4.79 Å². The number of amides is 2. The number of nitrogens with zero attached hydrogens (tertiary/aromatic N) is 1. The number of halogens is 2. The average Bonchev–Trinajstić information content (AvgIpc) is 2.76. The maximum Gasteiger partial charge on any atom is 0.262 e. The molecule has 0 aliphatic carbocycles. The van der Waals surface area contributed by atoms with Gasteiger partial charge >= 0.3 is 0 Å². The fourth-order valence-electron chi connectivity index (χ4n) is 3.00. The topological polar surface area (TPSA) is 89.0 Å². The van der Waals surface area contributed by atoms with Crippen LogP contribution >= 0.6 is 34.2 Å². The maximum atomic E-state index is 12.8. The molecule has 0 bridgehead atoms. The van der Waals surface area contributed by atoms with Crippen LogP contribution in [0.5, 0.6) is 11.5 Å². The summed E-state index contributed by atoms with van der Waals surface area (Å²) in [5.74, 6) is 0.749. The van der Waals surface area contributed by atoms with Crippen molar-refractivity contribution in [1.29, 1.82) is 0 Å². The molecule has 0 aliphatic rings. The van der Waals surface area contributed by atoms with Crippen molar-refractivity contribution in [3.8, 4) is 11.5 Å². The van der Waals surface area contributed by atoms with Crippen LogP contribution in [0.4, 0.5) is 0 Å². The van der Waals surface area contributed by atoms with E-state index in [-0.39, 0.29) is 11.8 Å². The Morgan fingerprint density at radius 3 is 2.39 bits per heavy atom. The quantitative estimate of drug-likeness (QED) is 0.220. The molecule has 2 rings (SSSR count). The highest BCUT2D eigenvalue weighted by atomic mass is 127. The van der Waals surface area contributed by atoms with Crippen LogP contribution < -0.4 is 20.2 Å². The number of ether oxygens (including phenoxy) is 2. The van der Waals surface area contributed by atoms with Crippen molar-refractivity contribution < 1.29 is 19.1 Å². The van der Waals surface area contributed by atoms with Gasteiger partial charge in [0.25, 0.3) is 11.8 Å². The number of hydrazone groups is 1. The largest absolute Gasteiger partial charge is 0.490 e. The van der Waals surface area contributed by atoms with Gasteiger partial charge in [0.05, 0.1) is 23.0 Å². The highest BCUT2D eigenvalue weighted by Crippen LogP contribution is 2.33. The average molecular weight is 586 g/mol. The van der Waals surface area contributed by atoms with Gasteiger partial charge in [0.2, 0.25) is 0 Å². The number of carbonyl (C=O) groups excluding carboxylic acids is 2. The third kappa shape index (κ3) is 8.51. The van der Waals surface area contributed by atoms with Gasteiger partial charge in [-0.3, -0.25) is 9.59 Å². The monoisotopic (exact) mass is 585 g/mol. The fourth-order valence-corrected chi connectivity index (χ4v) is 3.91. The summed E-state index contributed by atoms with van der Waals surface area (Å²) in [5, 5.41) is 7.41. The van der Waals surface area contributed by atoms with E-state index in [4.69, 9.17) is 21.1 Å². The number of nitrogens with one attached hydrogen (secondary N) is 2. The molecule has 0 radical (unpaired) electrons. The van der Waals surface area contributed by atoms with Crippen molar-refractivity contribution >= 4 is 52.2 Å². The molecule has 0 fully saturated rings. The van der Waals surface area contributed by atoms with Crippen LogP contribution in [-0.4, -0.2) is 37.3 Å². The summed E-state index contributed by atoms with van der Waals surface area (Å²) in [6.45, 7) is 8.80. The van der Waals surface area contributed by atoms with Crippen molar-refractivity contribution in [3.05, 3.63) is 56.1 Å². The number of rotatable bonds is 11. The van der Waals surface area contributed by atoms with Gasteiger partial charge in [-0.1, -0.05) is 25.4 Å². The number of benzene rings is 2. The second-order valence-electron chi connectivity index (χ2n) is 7.59. The van der Waals surface area contributed by atoms with E-state index in [0.29, 0.717) is 41.7 Å². The zero-order valence-corrected chi connectivity index (χ0v) is 22.1. The van der Waals surface area contributed by atoms with E-state index < -0.39 is 11.9 Å². The second-order valence-corrected chi connectivity index (χ2v) is 9.19. The normalized spacial score (nSPS) is 12.0. The number of carbonyl (C=O) groups is 2. The van der Waals surface area contributed by atoms with E-state index in [1.807, 2.05) is 33.8 Å². The fraction of sp³-hybridized carbons (Fsp3) is 0.375. The molecule has 9 heteroatoms. The highest BCUT2D eigenvalue weighted by molar-refractivity contribution is 14.1. The lowest BCUT2D eigenvalue weighted by atomic mass is 10.0. The molecule has 2 aromatic carbocycles. The highest BCUT2D eigenvalue weighted by Gasteiger charge is 2.22. The lowest BCUT2D eigenvalue weighted by Gasteiger charge is -2.19. The molecule has 0 saturated carbocycles. The molecule has 1 unspecified atom stereocenters.